The maximum absolute atomic E-state index is 12.2. The number of unbranched alkanes of at least 4 members (excludes halogenated alkanes) is 3. The summed E-state index contributed by atoms with van der Waals surface area (Å²) >= 11 is 3.09. The Bertz CT molecular complexity index is 494. The molecule has 0 atom stereocenters. The van der Waals surface area contributed by atoms with Crippen molar-refractivity contribution in [2.24, 2.45) is 5.92 Å². The van der Waals surface area contributed by atoms with E-state index < -0.39 is 12.0 Å². The summed E-state index contributed by atoms with van der Waals surface area (Å²) in [5, 5.41) is 2.79. The molecule has 1 N–H and O–H groups in total. The van der Waals surface area contributed by atoms with E-state index in [4.69, 9.17) is 4.74 Å². The average Bonchev–Trinajstić information content (AvgIpc) is 2.54. The fraction of sp³-hybridized carbons (Fsp3) is 0.688. The lowest BCUT2D eigenvalue weighted by atomic mass is 10.2. The zero-order valence-electron chi connectivity index (χ0n) is 14.5. The minimum atomic E-state index is -0.750. The van der Waals surface area contributed by atoms with Gasteiger partial charge in [-0.25, -0.2) is 14.5 Å². The van der Waals surface area contributed by atoms with Crippen molar-refractivity contribution in [3.63, 3.8) is 0 Å². The van der Waals surface area contributed by atoms with E-state index in [0.29, 0.717) is 6.54 Å². The zero-order chi connectivity index (χ0) is 18.1. The molecule has 0 saturated carbocycles. The fourth-order valence-corrected chi connectivity index (χ4v) is 2.47. The number of hydrogen-bond donors (Lipinski definition) is 1. The Balaban J connectivity index is 2.58. The van der Waals surface area contributed by atoms with Gasteiger partial charge in [0.25, 0.3) is 5.91 Å². The van der Waals surface area contributed by atoms with Crippen molar-refractivity contribution in [2.45, 2.75) is 46.5 Å². The second-order valence-electron chi connectivity index (χ2n) is 6.08. The number of urea groups is 1. The number of halogens is 1. The van der Waals surface area contributed by atoms with Crippen molar-refractivity contribution in [1.29, 1.82) is 0 Å². The van der Waals surface area contributed by atoms with Crippen molar-refractivity contribution >= 4 is 34.0 Å². The summed E-state index contributed by atoms with van der Waals surface area (Å²) in [5.74, 6) is -0.355. The van der Waals surface area contributed by atoms with E-state index in [0.717, 1.165) is 30.6 Å². The molecule has 8 heteroatoms. The van der Waals surface area contributed by atoms with Gasteiger partial charge in [0, 0.05) is 12.7 Å². The SMILES string of the molecule is CCCCCCNC(=O)N1C=C(Br)C(=O)N(C(=O)OCC(C)C)C1. The standard InChI is InChI=1S/C16H26BrN3O4/c1-4-5-6-7-8-18-15(22)19-9-13(17)14(21)20(11-19)16(23)24-10-12(2)3/h9,12H,4-8,10-11H2,1-3H3,(H,18,22). The van der Waals surface area contributed by atoms with Crippen molar-refractivity contribution in [1.82, 2.24) is 15.1 Å². The van der Waals surface area contributed by atoms with Crippen LogP contribution in [0.4, 0.5) is 9.59 Å². The third kappa shape index (κ3) is 6.51. The number of nitrogens with one attached hydrogen (secondary N) is 1. The molecule has 1 aliphatic heterocycles. The molecule has 24 heavy (non-hydrogen) atoms. The third-order valence-electron chi connectivity index (χ3n) is 3.34. The van der Waals surface area contributed by atoms with Crippen molar-refractivity contribution < 1.29 is 19.1 Å². The summed E-state index contributed by atoms with van der Waals surface area (Å²) in [6.45, 7) is 6.54. The van der Waals surface area contributed by atoms with E-state index in [1.54, 1.807) is 0 Å². The summed E-state index contributed by atoms with van der Waals surface area (Å²) in [7, 11) is 0. The minimum Gasteiger partial charge on any atom is -0.449 e. The highest BCUT2D eigenvalue weighted by Gasteiger charge is 2.33. The molecule has 0 aromatic heterocycles. The Morgan fingerprint density at radius 3 is 2.67 bits per heavy atom. The van der Waals surface area contributed by atoms with Crippen LogP contribution in [0, 0.1) is 5.92 Å². The Hall–Kier alpha value is -1.57. The number of nitrogens with zero attached hydrogens (tertiary/aromatic N) is 2. The first-order valence-electron chi connectivity index (χ1n) is 8.27. The second-order valence-corrected chi connectivity index (χ2v) is 6.94. The number of ether oxygens (including phenoxy) is 1. The molecule has 0 aromatic carbocycles. The molecule has 0 bridgehead atoms. The van der Waals surface area contributed by atoms with Gasteiger partial charge in [-0.05, 0) is 28.3 Å². The Kier molecular flexibility index (Phi) is 8.81. The second kappa shape index (κ2) is 10.3. The molecule has 0 fully saturated rings. The topological polar surface area (TPSA) is 79.0 Å². The Morgan fingerprint density at radius 1 is 1.33 bits per heavy atom. The van der Waals surface area contributed by atoms with Gasteiger partial charge in [-0.3, -0.25) is 9.69 Å². The number of rotatable bonds is 7. The highest BCUT2D eigenvalue weighted by atomic mass is 79.9. The van der Waals surface area contributed by atoms with Gasteiger partial charge < -0.3 is 10.1 Å². The van der Waals surface area contributed by atoms with Gasteiger partial charge in [-0.1, -0.05) is 40.0 Å². The van der Waals surface area contributed by atoms with E-state index in [1.807, 2.05) is 13.8 Å². The molecule has 136 valence electrons. The summed E-state index contributed by atoms with van der Waals surface area (Å²) in [6.07, 6.45) is 4.86. The molecule has 0 spiro atoms. The smallest absolute Gasteiger partial charge is 0.418 e. The first-order valence-corrected chi connectivity index (χ1v) is 9.06. The fourth-order valence-electron chi connectivity index (χ4n) is 2.01. The largest absolute Gasteiger partial charge is 0.449 e. The van der Waals surface area contributed by atoms with Crippen LogP contribution in [0.2, 0.25) is 0 Å². The normalized spacial score (nSPS) is 14.7. The molecule has 0 aromatic rings. The lowest BCUT2D eigenvalue weighted by Crippen LogP contribution is -2.51. The first-order chi connectivity index (χ1) is 11.4. The molecular formula is C16H26BrN3O4. The molecule has 0 unspecified atom stereocenters. The third-order valence-corrected chi connectivity index (χ3v) is 3.88. The summed E-state index contributed by atoms with van der Waals surface area (Å²) < 4.78 is 5.21. The van der Waals surface area contributed by atoms with Crippen LogP contribution in [-0.2, 0) is 9.53 Å². The molecule has 1 rings (SSSR count). The maximum Gasteiger partial charge on any atom is 0.418 e. The predicted octanol–water partition coefficient (Wildman–Crippen LogP) is 3.41. The highest BCUT2D eigenvalue weighted by molar-refractivity contribution is 9.12. The van der Waals surface area contributed by atoms with E-state index in [9.17, 15) is 14.4 Å². The average molecular weight is 404 g/mol. The van der Waals surface area contributed by atoms with Crippen LogP contribution in [-0.4, -0.2) is 47.7 Å². The molecule has 0 aliphatic carbocycles. The van der Waals surface area contributed by atoms with Gasteiger partial charge in [0.15, 0.2) is 0 Å². The van der Waals surface area contributed by atoms with Crippen LogP contribution in [0.1, 0.15) is 46.5 Å². The molecule has 0 saturated heterocycles. The quantitative estimate of drug-likeness (QED) is 0.660. The Morgan fingerprint density at radius 2 is 2.04 bits per heavy atom. The van der Waals surface area contributed by atoms with E-state index in [1.165, 1.54) is 11.1 Å². The number of carbonyl (C=O) groups excluding carboxylic acids is 3. The van der Waals surface area contributed by atoms with E-state index in [-0.39, 0.29) is 29.7 Å². The van der Waals surface area contributed by atoms with E-state index in [2.05, 4.69) is 28.2 Å². The molecule has 0 radical (unpaired) electrons. The lowest BCUT2D eigenvalue weighted by Gasteiger charge is -2.30. The van der Waals surface area contributed by atoms with Crippen LogP contribution in [0.25, 0.3) is 0 Å². The lowest BCUT2D eigenvalue weighted by molar-refractivity contribution is -0.126. The molecule has 1 aliphatic rings. The predicted molar refractivity (Wildman–Crippen MR) is 94.3 cm³/mol. The monoisotopic (exact) mass is 403 g/mol. The van der Waals surface area contributed by atoms with Crippen LogP contribution < -0.4 is 5.32 Å². The number of carbonyl (C=O) groups is 3. The maximum atomic E-state index is 12.2. The molecule has 1 heterocycles. The Labute approximate surface area is 151 Å². The van der Waals surface area contributed by atoms with Gasteiger partial charge in [0.2, 0.25) is 0 Å². The van der Waals surface area contributed by atoms with Gasteiger partial charge in [-0.15, -0.1) is 0 Å². The molecule has 7 nitrogen and oxygen atoms in total. The first kappa shape index (κ1) is 20.5. The minimum absolute atomic E-state index is 0.136. The number of amides is 4. The van der Waals surface area contributed by atoms with Gasteiger partial charge in [-0.2, -0.15) is 0 Å². The van der Waals surface area contributed by atoms with Gasteiger partial charge in [0.1, 0.15) is 6.67 Å². The van der Waals surface area contributed by atoms with Gasteiger partial charge >= 0.3 is 12.1 Å². The van der Waals surface area contributed by atoms with Crippen LogP contribution in [0.5, 0.6) is 0 Å². The molecular weight excluding hydrogens is 378 g/mol. The summed E-state index contributed by atoms with van der Waals surface area (Å²) in [4.78, 5) is 38.5. The van der Waals surface area contributed by atoms with Crippen molar-refractivity contribution in [2.75, 3.05) is 19.8 Å². The van der Waals surface area contributed by atoms with Crippen molar-refractivity contribution in [3.05, 3.63) is 10.7 Å². The summed E-state index contributed by atoms with van der Waals surface area (Å²) in [5.41, 5.74) is 0. The van der Waals surface area contributed by atoms with Crippen LogP contribution in [0.3, 0.4) is 0 Å². The van der Waals surface area contributed by atoms with Crippen molar-refractivity contribution in [3.8, 4) is 0 Å². The number of imide groups is 1. The van der Waals surface area contributed by atoms with Crippen LogP contribution >= 0.6 is 15.9 Å². The highest BCUT2D eigenvalue weighted by Crippen LogP contribution is 2.18. The number of hydrogen-bond acceptors (Lipinski definition) is 4. The van der Waals surface area contributed by atoms with Gasteiger partial charge in [0.05, 0.1) is 11.1 Å². The summed E-state index contributed by atoms with van der Waals surface area (Å²) in [6, 6.07) is -0.349. The van der Waals surface area contributed by atoms with E-state index >= 15 is 0 Å². The molecule has 4 amide bonds. The van der Waals surface area contributed by atoms with Crippen LogP contribution in [0.15, 0.2) is 10.7 Å². The zero-order valence-corrected chi connectivity index (χ0v) is 16.1.